The van der Waals surface area contributed by atoms with E-state index in [1.54, 1.807) is 75.4 Å². The number of aryl methyl sites for hydroxylation is 1. The number of piperidine rings is 1. The van der Waals surface area contributed by atoms with Crippen LogP contribution in [0.5, 0.6) is 17.2 Å². The first-order valence-electron chi connectivity index (χ1n) is 21.1. The zero-order chi connectivity index (χ0) is 44.3. The SMILES string of the molecule is CCC(C)(C)C(=O)C(=O)N1CCCC[C@H]1C(=O)O[C@H](CCc1ccc(OC)c(OC)c1)c1cccc(OCCNC(=O)c2cccc(NC(=O)[C@@H]3C[C@H](C)CN3C(C)=O)c2)c1. The number of esters is 1. The molecular formula is C47H60N4O10. The van der Waals surface area contributed by atoms with Crippen LogP contribution in [0.3, 0.4) is 0 Å². The summed E-state index contributed by atoms with van der Waals surface area (Å²) < 4.78 is 23.2. The smallest absolute Gasteiger partial charge is 0.329 e. The number of rotatable bonds is 18. The molecule has 3 aromatic carbocycles. The van der Waals surface area contributed by atoms with Crippen molar-refractivity contribution in [3.63, 3.8) is 0 Å². The van der Waals surface area contributed by atoms with Gasteiger partial charge in [0.05, 0.1) is 20.8 Å². The zero-order valence-corrected chi connectivity index (χ0v) is 36.4. The number of benzene rings is 3. The van der Waals surface area contributed by atoms with Crippen molar-refractivity contribution in [2.24, 2.45) is 11.3 Å². The third kappa shape index (κ3) is 11.9. The number of carbonyl (C=O) groups is 6. The van der Waals surface area contributed by atoms with Crippen molar-refractivity contribution in [3.8, 4) is 17.2 Å². The minimum absolute atomic E-state index is 0.129. The van der Waals surface area contributed by atoms with Crippen LogP contribution in [0.1, 0.15) is 101 Å². The Morgan fingerprint density at radius 2 is 1.64 bits per heavy atom. The molecule has 2 heterocycles. The fourth-order valence-electron chi connectivity index (χ4n) is 7.69. The summed E-state index contributed by atoms with van der Waals surface area (Å²) in [5.74, 6) is -0.682. The Morgan fingerprint density at radius 1 is 0.885 bits per heavy atom. The minimum Gasteiger partial charge on any atom is -0.493 e. The maximum Gasteiger partial charge on any atom is 0.329 e. The molecule has 0 unspecified atom stereocenters. The van der Waals surface area contributed by atoms with Crippen molar-refractivity contribution in [2.75, 3.05) is 45.8 Å². The van der Waals surface area contributed by atoms with Crippen LogP contribution in [0.15, 0.2) is 66.7 Å². The van der Waals surface area contributed by atoms with E-state index in [0.717, 1.165) is 5.56 Å². The molecule has 0 radical (unpaired) electrons. The molecule has 61 heavy (non-hydrogen) atoms. The minimum atomic E-state index is -0.894. The topological polar surface area (TPSA) is 170 Å². The summed E-state index contributed by atoms with van der Waals surface area (Å²) in [4.78, 5) is 82.0. The summed E-state index contributed by atoms with van der Waals surface area (Å²) in [7, 11) is 3.13. The van der Waals surface area contributed by atoms with Crippen molar-refractivity contribution in [1.82, 2.24) is 15.1 Å². The highest BCUT2D eigenvalue weighted by Gasteiger charge is 2.41. The highest BCUT2D eigenvalue weighted by molar-refractivity contribution is 6.38. The van der Waals surface area contributed by atoms with Crippen molar-refractivity contribution in [2.45, 2.75) is 97.8 Å². The Bertz CT molecular complexity index is 2070. The summed E-state index contributed by atoms with van der Waals surface area (Å²) in [6.45, 7) is 9.92. The molecule has 5 rings (SSSR count). The zero-order valence-electron chi connectivity index (χ0n) is 36.4. The first kappa shape index (κ1) is 46.2. The molecule has 0 spiro atoms. The molecule has 0 aromatic heterocycles. The number of likely N-dealkylation sites (tertiary alicyclic amines) is 2. The van der Waals surface area contributed by atoms with Gasteiger partial charge in [0.15, 0.2) is 11.5 Å². The number of hydrogen-bond acceptors (Lipinski definition) is 10. The van der Waals surface area contributed by atoms with Gasteiger partial charge in [-0.25, -0.2) is 4.79 Å². The predicted molar refractivity (Wildman–Crippen MR) is 229 cm³/mol. The highest BCUT2D eigenvalue weighted by Crippen LogP contribution is 2.33. The van der Waals surface area contributed by atoms with Crippen LogP contribution < -0.4 is 24.8 Å². The Kier molecular flexibility index (Phi) is 15.9. The maximum absolute atomic E-state index is 14.0. The number of nitrogens with zero attached hydrogens (tertiary/aromatic N) is 2. The van der Waals surface area contributed by atoms with E-state index in [-0.39, 0.29) is 36.8 Å². The average Bonchev–Trinajstić information content (AvgIpc) is 3.68. The molecule has 3 aromatic rings. The monoisotopic (exact) mass is 840 g/mol. The molecule has 2 aliphatic rings. The summed E-state index contributed by atoms with van der Waals surface area (Å²) in [5.41, 5.74) is 1.54. The van der Waals surface area contributed by atoms with E-state index in [0.29, 0.717) is 92.1 Å². The number of anilines is 1. The third-order valence-corrected chi connectivity index (χ3v) is 11.6. The second-order valence-electron chi connectivity index (χ2n) is 16.5. The summed E-state index contributed by atoms with van der Waals surface area (Å²) in [5, 5.41) is 5.70. The molecule has 14 heteroatoms. The number of amides is 4. The van der Waals surface area contributed by atoms with Crippen LogP contribution in [0.4, 0.5) is 5.69 Å². The maximum atomic E-state index is 14.0. The largest absolute Gasteiger partial charge is 0.493 e. The molecule has 0 saturated carbocycles. The molecule has 2 fully saturated rings. The molecule has 0 aliphatic carbocycles. The van der Waals surface area contributed by atoms with E-state index in [4.69, 9.17) is 18.9 Å². The highest BCUT2D eigenvalue weighted by atomic mass is 16.5. The van der Waals surface area contributed by atoms with Gasteiger partial charge in [0.1, 0.15) is 30.5 Å². The number of hydrogen-bond donors (Lipinski definition) is 2. The Morgan fingerprint density at radius 3 is 2.36 bits per heavy atom. The number of ether oxygens (including phenoxy) is 4. The Labute approximate surface area is 358 Å². The van der Waals surface area contributed by atoms with Crippen molar-refractivity contribution in [3.05, 3.63) is 83.4 Å². The van der Waals surface area contributed by atoms with Gasteiger partial charge in [0, 0.05) is 36.7 Å². The second-order valence-corrected chi connectivity index (χ2v) is 16.5. The molecule has 14 nitrogen and oxygen atoms in total. The van der Waals surface area contributed by atoms with Crippen LogP contribution in [0.25, 0.3) is 0 Å². The number of methoxy groups -OCH3 is 2. The third-order valence-electron chi connectivity index (χ3n) is 11.6. The molecule has 2 saturated heterocycles. The number of nitrogens with one attached hydrogen (secondary N) is 2. The first-order valence-corrected chi connectivity index (χ1v) is 21.1. The van der Waals surface area contributed by atoms with Crippen LogP contribution >= 0.6 is 0 Å². The quantitative estimate of drug-likeness (QED) is 0.0841. The normalized spacial score (nSPS) is 18.1. The van der Waals surface area contributed by atoms with Crippen molar-refractivity contribution >= 4 is 41.1 Å². The number of Topliss-reactive ketones (excluding diaryl/α,β-unsaturated/α-hetero) is 1. The molecule has 2 aliphatic heterocycles. The van der Waals surface area contributed by atoms with E-state index >= 15 is 0 Å². The van der Waals surface area contributed by atoms with Gasteiger partial charge < -0.3 is 39.4 Å². The fraction of sp³-hybridized carbons (Fsp3) is 0.489. The van der Waals surface area contributed by atoms with Gasteiger partial charge in [-0.05, 0) is 104 Å². The summed E-state index contributed by atoms with van der Waals surface area (Å²) in [6.07, 6.45) is 3.01. The van der Waals surface area contributed by atoms with E-state index in [1.807, 2.05) is 38.1 Å². The van der Waals surface area contributed by atoms with Crippen LogP contribution in [0, 0.1) is 11.3 Å². The summed E-state index contributed by atoms with van der Waals surface area (Å²) in [6, 6.07) is 18.0. The van der Waals surface area contributed by atoms with Gasteiger partial charge in [-0.3, -0.25) is 24.0 Å². The lowest BCUT2D eigenvalue weighted by atomic mass is 9.84. The Hall–Kier alpha value is -5.92. The van der Waals surface area contributed by atoms with E-state index in [9.17, 15) is 28.8 Å². The van der Waals surface area contributed by atoms with E-state index < -0.39 is 41.3 Å². The molecule has 4 atom stereocenters. The van der Waals surface area contributed by atoms with Crippen molar-refractivity contribution < 1.29 is 47.7 Å². The summed E-state index contributed by atoms with van der Waals surface area (Å²) >= 11 is 0. The van der Waals surface area contributed by atoms with E-state index in [1.165, 1.54) is 11.8 Å². The van der Waals surface area contributed by atoms with Gasteiger partial charge in [0.2, 0.25) is 17.6 Å². The molecule has 2 N–H and O–H groups in total. The predicted octanol–water partition coefficient (Wildman–Crippen LogP) is 6.31. The molecule has 0 bridgehead atoms. The van der Waals surface area contributed by atoms with Crippen LogP contribution in [-0.2, 0) is 35.1 Å². The van der Waals surface area contributed by atoms with Gasteiger partial charge in [0.25, 0.3) is 11.8 Å². The standard InChI is InChI=1S/C47H60N4O10/c1-8-47(4,5)42(53)45(56)50-23-10-9-17-37(50)46(57)61-39(20-18-32-19-21-40(58-6)41(26-32)59-7)33-13-12-16-36(28-33)60-24-22-48-43(54)34-14-11-15-35(27-34)49-44(55)38-25-30(2)29-51(38)31(3)52/h11-16,19,21,26-28,30,37-39H,8-10,17-18,20,22-25,29H2,1-7H3,(H,48,54)(H,49,55)/t30-,37-,38-,39+/m0/s1. The number of carbonyl (C=O) groups excluding carboxylic acids is 6. The van der Waals surface area contributed by atoms with Gasteiger partial charge in [-0.2, -0.15) is 0 Å². The van der Waals surface area contributed by atoms with Crippen LogP contribution in [0.2, 0.25) is 0 Å². The van der Waals surface area contributed by atoms with Crippen molar-refractivity contribution in [1.29, 1.82) is 0 Å². The lowest BCUT2D eigenvalue weighted by Crippen LogP contribution is -2.53. The molecular weight excluding hydrogens is 781 g/mol. The fourth-order valence-corrected chi connectivity index (χ4v) is 7.69. The van der Waals surface area contributed by atoms with Crippen LogP contribution in [-0.4, -0.2) is 97.7 Å². The lowest BCUT2D eigenvalue weighted by Gasteiger charge is -2.36. The first-order chi connectivity index (χ1) is 29.1. The van der Waals surface area contributed by atoms with Gasteiger partial charge in [-0.15, -0.1) is 0 Å². The Balaban J connectivity index is 1.24. The second kappa shape index (κ2) is 21.0. The molecule has 4 amide bonds. The number of ketones is 1. The van der Waals surface area contributed by atoms with Gasteiger partial charge in [-0.1, -0.05) is 52.0 Å². The van der Waals surface area contributed by atoms with Gasteiger partial charge >= 0.3 is 5.97 Å². The average molecular weight is 841 g/mol. The van der Waals surface area contributed by atoms with E-state index in [2.05, 4.69) is 10.6 Å². The lowest BCUT2D eigenvalue weighted by molar-refractivity contribution is -0.164. The molecule has 328 valence electrons.